The van der Waals surface area contributed by atoms with Crippen LogP contribution in [0.4, 0.5) is 4.39 Å². The van der Waals surface area contributed by atoms with Crippen LogP contribution < -0.4 is 4.74 Å². The molecule has 0 saturated carbocycles. The standard InChI is InChI=1S/C13H13FN2O3/c1-16-9(5-7-15-16)6-8-19-11-4-2-3-10(14)12(11)13(17)18/h2-5,7H,6,8H2,1H3,(H,17,18). The Morgan fingerprint density at radius 3 is 2.89 bits per heavy atom. The van der Waals surface area contributed by atoms with Crippen molar-refractivity contribution in [2.75, 3.05) is 6.61 Å². The fourth-order valence-corrected chi connectivity index (χ4v) is 1.74. The van der Waals surface area contributed by atoms with Gasteiger partial charge in [-0.25, -0.2) is 9.18 Å². The molecule has 1 aromatic heterocycles. The van der Waals surface area contributed by atoms with Gasteiger partial charge >= 0.3 is 5.97 Å². The number of benzene rings is 1. The van der Waals surface area contributed by atoms with Gasteiger partial charge in [0.1, 0.15) is 17.1 Å². The fraction of sp³-hybridized carbons (Fsp3) is 0.231. The van der Waals surface area contributed by atoms with Crippen LogP contribution in [0.15, 0.2) is 30.5 Å². The molecule has 19 heavy (non-hydrogen) atoms. The third kappa shape index (κ3) is 2.90. The number of carboxylic acid groups (broad SMARTS) is 1. The monoisotopic (exact) mass is 264 g/mol. The second-order valence-corrected chi connectivity index (χ2v) is 3.96. The van der Waals surface area contributed by atoms with Crippen molar-refractivity contribution in [1.29, 1.82) is 0 Å². The van der Waals surface area contributed by atoms with Crippen LogP contribution >= 0.6 is 0 Å². The Morgan fingerprint density at radius 1 is 1.47 bits per heavy atom. The Bertz CT molecular complexity index is 595. The van der Waals surface area contributed by atoms with Gasteiger partial charge in [-0.3, -0.25) is 4.68 Å². The highest BCUT2D eigenvalue weighted by atomic mass is 19.1. The number of rotatable bonds is 5. The van der Waals surface area contributed by atoms with E-state index in [0.717, 1.165) is 11.8 Å². The van der Waals surface area contributed by atoms with Crippen molar-refractivity contribution in [1.82, 2.24) is 9.78 Å². The molecule has 0 aliphatic heterocycles. The highest BCUT2D eigenvalue weighted by Crippen LogP contribution is 2.21. The predicted octanol–water partition coefficient (Wildman–Crippen LogP) is 1.88. The van der Waals surface area contributed by atoms with E-state index in [2.05, 4.69) is 5.10 Å². The van der Waals surface area contributed by atoms with E-state index in [4.69, 9.17) is 9.84 Å². The maximum Gasteiger partial charge on any atom is 0.342 e. The zero-order chi connectivity index (χ0) is 13.8. The molecule has 0 aliphatic carbocycles. The summed E-state index contributed by atoms with van der Waals surface area (Å²) in [4.78, 5) is 11.0. The van der Waals surface area contributed by atoms with Crippen LogP contribution in [0.1, 0.15) is 16.1 Å². The van der Waals surface area contributed by atoms with Crippen LogP contribution in [-0.4, -0.2) is 27.5 Å². The SMILES string of the molecule is Cn1nccc1CCOc1cccc(F)c1C(=O)O. The normalized spacial score (nSPS) is 10.4. The van der Waals surface area contributed by atoms with E-state index < -0.39 is 17.3 Å². The van der Waals surface area contributed by atoms with Gasteiger partial charge in [0.05, 0.1) is 6.61 Å². The Balaban J connectivity index is 2.06. The van der Waals surface area contributed by atoms with E-state index in [1.165, 1.54) is 12.1 Å². The number of hydrogen-bond donors (Lipinski definition) is 1. The number of ether oxygens (including phenoxy) is 1. The summed E-state index contributed by atoms with van der Waals surface area (Å²) in [6.07, 6.45) is 2.23. The molecule has 100 valence electrons. The first-order chi connectivity index (χ1) is 9.09. The smallest absolute Gasteiger partial charge is 0.342 e. The summed E-state index contributed by atoms with van der Waals surface area (Å²) in [6, 6.07) is 5.79. The summed E-state index contributed by atoms with van der Waals surface area (Å²) in [7, 11) is 1.81. The molecule has 2 rings (SSSR count). The average molecular weight is 264 g/mol. The van der Waals surface area contributed by atoms with E-state index in [-0.39, 0.29) is 12.4 Å². The molecule has 0 aliphatic rings. The van der Waals surface area contributed by atoms with E-state index in [0.29, 0.717) is 6.42 Å². The molecule has 1 N–H and O–H groups in total. The first-order valence-electron chi connectivity index (χ1n) is 5.71. The van der Waals surface area contributed by atoms with Crippen LogP contribution in [-0.2, 0) is 13.5 Å². The highest BCUT2D eigenvalue weighted by Gasteiger charge is 2.16. The number of hydrogen-bond acceptors (Lipinski definition) is 3. The molecular weight excluding hydrogens is 251 g/mol. The van der Waals surface area contributed by atoms with E-state index >= 15 is 0 Å². The Morgan fingerprint density at radius 2 is 2.26 bits per heavy atom. The topological polar surface area (TPSA) is 64.4 Å². The third-order valence-corrected chi connectivity index (χ3v) is 2.73. The van der Waals surface area contributed by atoms with Crippen LogP contribution in [0.2, 0.25) is 0 Å². The van der Waals surface area contributed by atoms with Gasteiger partial charge in [-0.2, -0.15) is 5.10 Å². The number of carboxylic acids is 1. The molecule has 0 bridgehead atoms. The van der Waals surface area contributed by atoms with Crippen LogP contribution in [0.25, 0.3) is 0 Å². The summed E-state index contributed by atoms with van der Waals surface area (Å²) in [5, 5.41) is 12.9. The highest BCUT2D eigenvalue weighted by molar-refractivity contribution is 5.91. The van der Waals surface area contributed by atoms with Crippen molar-refractivity contribution in [3.63, 3.8) is 0 Å². The lowest BCUT2D eigenvalue weighted by Crippen LogP contribution is -2.10. The number of carbonyl (C=O) groups is 1. The molecule has 2 aromatic rings. The van der Waals surface area contributed by atoms with Crippen LogP contribution in [0.5, 0.6) is 5.75 Å². The van der Waals surface area contributed by atoms with Gasteiger partial charge in [0, 0.05) is 25.4 Å². The quantitative estimate of drug-likeness (QED) is 0.895. The predicted molar refractivity (Wildman–Crippen MR) is 65.8 cm³/mol. The summed E-state index contributed by atoms with van der Waals surface area (Å²) < 4.78 is 20.4. The van der Waals surface area contributed by atoms with Gasteiger partial charge in [-0.05, 0) is 18.2 Å². The maximum absolute atomic E-state index is 13.4. The molecule has 1 heterocycles. The molecule has 0 unspecified atom stereocenters. The molecule has 6 heteroatoms. The van der Waals surface area contributed by atoms with Crippen molar-refractivity contribution in [3.8, 4) is 5.75 Å². The lowest BCUT2D eigenvalue weighted by Gasteiger charge is -2.09. The molecule has 0 spiro atoms. The zero-order valence-corrected chi connectivity index (χ0v) is 10.3. The second kappa shape index (κ2) is 5.51. The summed E-state index contributed by atoms with van der Waals surface area (Å²) in [5.74, 6) is -2.10. The van der Waals surface area contributed by atoms with E-state index in [1.807, 2.05) is 6.07 Å². The first kappa shape index (κ1) is 13.1. The van der Waals surface area contributed by atoms with E-state index in [9.17, 15) is 9.18 Å². The number of aromatic carboxylic acids is 1. The Kier molecular flexibility index (Phi) is 3.79. The second-order valence-electron chi connectivity index (χ2n) is 3.96. The minimum absolute atomic E-state index is 0.0367. The largest absolute Gasteiger partial charge is 0.492 e. The number of aryl methyl sites for hydroxylation is 1. The maximum atomic E-state index is 13.4. The van der Waals surface area contributed by atoms with Crippen molar-refractivity contribution in [2.24, 2.45) is 7.05 Å². The first-order valence-corrected chi connectivity index (χ1v) is 5.71. The number of halogens is 1. The van der Waals surface area contributed by atoms with Gasteiger partial charge < -0.3 is 9.84 Å². The lowest BCUT2D eigenvalue weighted by molar-refractivity contribution is 0.0687. The minimum Gasteiger partial charge on any atom is -0.492 e. The van der Waals surface area contributed by atoms with Crippen LogP contribution in [0, 0.1) is 5.82 Å². The molecular formula is C13H13FN2O3. The molecule has 5 nitrogen and oxygen atoms in total. The fourth-order valence-electron chi connectivity index (χ4n) is 1.74. The van der Waals surface area contributed by atoms with Gasteiger partial charge in [0.2, 0.25) is 0 Å². The lowest BCUT2D eigenvalue weighted by atomic mass is 10.2. The third-order valence-electron chi connectivity index (χ3n) is 2.73. The molecule has 0 atom stereocenters. The van der Waals surface area contributed by atoms with Gasteiger partial charge in [0.15, 0.2) is 0 Å². The van der Waals surface area contributed by atoms with Crippen molar-refractivity contribution in [3.05, 3.63) is 47.5 Å². The number of nitrogens with zero attached hydrogens (tertiary/aromatic N) is 2. The van der Waals surface area contributed by atoms with Crippen LogP contribution in [0.3, 0.4) is 0 Å². The average Bonchev–Trinajstić information content (AvgIpc) is 2.75. The summed E-state index contributed by atoms with van der Waals surface area (Å²) >= 11 is 0. The van der Waals surface area contributed by atoms with Gasteiger partial charge in [-0.1, -0.05) is 6.07 Å². The van der Waals surface area contributed by atoms with Gasteiger partial charge in [0.25, 0.3) is 0 Å². The molecule has 1 aromatic carbocycles. The van der Waals surface area contributed by atoms with Crippen molar-refractivity contribution < 1.29 is 19.0 Å². The number of aromatic nitrogens is 2. The summed E-state index contributed by atoms with van der Waals surface area (Å²) in [5.41, 5.74) is 0.515. The molecule has 0 amide bonds. The molecule has 0 fully saturated rings. The molecule has 0 saturated heterocycles. The minimum atomic E-state index is -1.34. The Hall–Kier alpha value is -2.37. The van der Waals surface area contributed by atoms with E-state index in [1.54, 1.807) is 17.9 Å². The summed E-state index contributed by atoms with van der Waals surface area (Å²) in [6.45, 7) is 0.253. The Labute approximate surface area is 109 Å². The van der Waals surface area contributed by atoms with Crippen molar-refractivity contribution in [2.45, 2.75) is 6.42 Å². The molecule has 0 radical (unpaired) electrons. The van der Waals surface area contributed by atoms with Crippen molar-refractivity contribution >= 4 is 5.97 Å². The van der Waals surface area contributed by atoms with Gasteiger partial charge in [-0.15, -0.1) is 0 Å². The zero-order valence-electron chi connectivity index (χ0n) is 10.3.